The quantitative estimate of drug-likeness (QED) is 0.0554. The van der Waals surface area contributed by atoms with E-state index in [1.807, 2.05) is 0 Å². The van der Waals surface area contributed by atoms with Gasteiger partial charge in [-0.05, 0) is 38.6 Å². The van der Waals surface area contributed by atoms with Crippen LogP contribution in [-0.4, -0.2) is 94.2 Å². The Kier molecular flexibility index (Phi) is 12.6. The molecule has 0 saturated carbocycles. The van der Waals surface area contributed by atoms with Crippen molar-refractivity contribution >= 4 is 41.6 Å². The summed E-state index contributed by atoms with van der Waals surface area (Å²) in [6, 6.07) is -4.99. The van der Waals surface area contributed by atoms with E-state index in [0.717, 1.165) is 6.42 Å². The first-order chi connectivity index (χ1) is 16.9. The number of guanidine groups is 1. The minimum absolute atomic E-state index is 0.0719. The second-order valence-corrected chi connectivity index (χ2v) is 8.15. The summed E-state index contributed by atoms with van der Waals surface area (Å²) in [6.07, 6.45) is -0.349. The van der Waals surface area contributed by atoms with Crippen molar-refractivity contribution in [1.29, 1.82) is 0 Å². The molecule has 11 N–H and O–H groups in total. The molecule has 0 aromatic heterocycles. The largest absolute Gasteiger partial charge is 0.481 e. The maximum Gasteiger partial charge on any atom is 0.326 e. The van der Waals surface area contributed by atoms with Crippen molar-refractivity contribution in [2.75, 3.05) is 13.1 Å². The molecule has 3 amide bonds. The number of carboxylic acid groups (broad SMARTS) is 3. The first-order valence-electron chi connectivity index (χ1n) is 11.3. The van der Waals surface area contributed by atoms with E-state index in [1.54, 1.807) is 0 Å². The average Bonchev–Trinajstić information content (AvgIpc) is 3.32. The van der Waals surface area contributed by atoms with Crippen molar-refractivity contribution in [2.24, 2.45) is 16.5 Å². The number of aliphatic carboxylic acids is 3. The van der Waals surface area contributed by atoms with E-state index in [9.17, 15) is 39.0 Å². The van der Waals surface area contributed by atoms with Gasteiger partial charge in [0.05, 0.1) is 12.5 Å². The Balaban J connectivity index is 2.98. The third kappa shape index (κ3) is 11.5. The smallest absolute Gasteiger partial charge is 0.326 e. The molecule has 0 aliphatic carbocycles. The molecule has 1 saturated heterocycles. The molecule has 0 aromatic rings. The van der Waals surface area contributed by atoms with Gasteiger partial charge in [0.2, 0.25) is 17.7 Å². The fourth-order valence-electron chi connectivity index (χ4n) is 3.41. The predicted octanol–water partition coefficient (Wildman–Crippen LogP) is -3.33. The lowest BCUT2D eigenvalue weighted by Crippen LogP contribution is -2.57. The Labute approximate surface area is 206 Å². The number of nitrogens with zero attached hydrogens (tertiary/aromatic N) is 1. The molecule has 0 bridgehead atoms. The van der Waals surface area contributed by atoms with Gasteiger partial charge in [-0.1, -0.05) is 0 Å². The summed E-state index contributed by atoms with van der Waals surface area (Å²) in [6.45, 7) is 0.671. The number of hydrogen-bond donors (Lipinski definition) is 9. The molecular weight excluding hydrogens is 482 g/mol. The monoisotopic (exact) mass is 515 g/mol. The maximum absolute atomic E-state index is 12.9. The Morgan fingerprint density at radius 2 is 1.53 bits per heavy atom. The van der Waals surface area contributed by atoms with Crippen molar-refractivity contribution in [3.63, 3.8) is 0 Å². The lowest BCUT2D eigenvalue weighted by molar-refractivity contribution is -0.144. The van der Waals surface area contributed by atoms with Crippen molar-refractivity contribution in [3.8, 4) is 0 Å². The van der Waals surface area contributed by atoms with Crippen LogP contribution in [0, 0.1) is 0 Å². The van der Waals surface area contributed by atoms with E-state index in [1.165, 1.54) is 0 Å². The van der Waals surface area contributed by atoms with Crippen LogP contribution in [-0.2, 0) is 28.8 Å². The molecule has 1 aliphatic rings. The third-order valence-electron chi connectivity index (χ3n) is 5.23. The summed E-state index contributed by atoms with van der Waals surface area (Å²) >= 11 is 0. The zero-order chi connectivity index (χ0) is 27.3. The maximum atomic E-state index is 12.9. The number of nitrogens with one attached hydrogen (secondary N) is 4. The first-order valence-corrected chi connectivity index (χ1v) is 11.3. The molecule has 16 nitrogen and oxygen atoms in total. The van der Waals surface area contributed by atoms with Gasteiger partial charge < -0.3 is 48.1 Å². The molecular formula is C20H33N7O9. The van der Waals surface area contributed by atoms with Crippen LogP contribution >= 0.6 is 0 Å². The summed E-state index contributed by atoms with van der Waals surface area (Å²) in [4.78, 5) is 75.4. The summed E-state index contributed by atoms with van der Waals surface area (Å²) < 4.78 is 0. The number of rotatable bonds is 16. The number of aliphatic imine (C=N–C) groups is 1. The average molecular weight is 516 g/mol. The first kappa shape index (κ1) is 30.1. The standard InChI is InChI=1S/C20H33N7O9/c21-20(22)24-8-2-4-11(17(33)26-12(19(35)36)5-6-14(28)29)25-18(34)13(9-15(30)31)27-16(32)10-3-1-7-23-10/h10-13,23H,1-9H2,(H,25,34)(H,26,33)(H,27,32)(H,28,29)(H,30,31)(H,35,36)(H4,21,22,24). The zero-order valence-corrected chi connectivity index (χ0v) is 19.6. The summed E-state index contributed by atoms with van der Waals surface area (Å²) in [5.74, 6) is -6.79. The van der Waals surface area contributed by atoms with Gasteiger partial charge in [0.15, 0.2) is 5.96 Å². The second-order valence-electron chi connectivity index (χ2n) is 8.15. The number of nitrogens with two attached hydrogens (primary N) is 2. The van der Waals surface area contributed by atoms with Gasteiger partial charge in [-0.25, -0.2) is 4.79 Å². The molecule has 4 unspecified atom stereocenters. The Morgan fingerprint density at radius 3 is 2.06 bits per heavy atom. The molecule has 1 aliphatic heterocycles. The molecule has 1 heterocycles. The second kappa shape index (κ2) is 15.1. The summed E-state index contributed by atoms with van der Waals surface area (Å²) in [5, 5.41) is 37.1. The van der Waals surface area contributed by atoms with Gasteiger partial charge in [-0.3, -0.25) is 29.0 Å². The van der Waals surface area contributed by atoms with Gasteiger partial charge in [0.25, 0.3) is 0 Å². The molecule has 202 valence electrons. The van der Waals surface area contributed by atoms with Crippen LogP contribution in [0.15, 0.2) is 4.99 Å². The van der Waals surface area contributed by atoms with Gasteiger partial charge >= 0.3 is 17.9 Å². The predicted molar refractivity (Wildman–Crippen MR) is 123 cm³/mol. The van der Waals surface area contributed by atoms with Crippen LogP contribution in [0.3, 0.4) is 0 Å². The van der Waals surface area contributed by atoms with Gasteiger partial charge in [-0.2, -0.15) is 0 Å². The Morgan fingerprint density at radius 1 is 0.889 bits per heavy atom. The van der Waals surface area contributed by atoms with E-state index in [4.69, 9.17) is 16.6 Å². The highest BCUT2D eigenvalue weighted by atomic mass is 16.4. The molecule has 16 heteroatoms. The van der Waals surface area contributed by atoms with E-state index in [2.05, 4.69) is 26.3 Å². The van der Waals surface area contributed by atoms with Crippen molar-refractivity contribution in [2.45, 2.75) is 69.1 Å². The number of carboxylic acids is 3. The number of carbonyl (C=O) groups excluding carboxylic acids is 3. The van der Waals surface area contributed by atoms with Crippen LogP contribution in [0.4, 0.5) is 0 Å². The van der Waals surface area contributed by atoms with E-state index >= 15 is 0 Å². The third-order valence-corrected chi connectivity index (χ3v) is 5.23. The number of amides is 3. The van der Waals surface area contributed by atoms with E-state index in [0.29, 0.717) is 13.0 Å². The van der Waals surface area contributed by atoms with E-state index < -0.39 is 79.1 Å². The summed E-state index contributed by atoms with van der Waals surface area (Å²) in [7, 11) is 0. The van der Waals surface area contributed by atoms with Crippen molar-refractivity contribution in [1.82, 2.24) is 21.3 Å². The fourth-order valence-corrected chi connectivity index (χ4v) is 3.41. The van der Waals surface area contributed by atoms with E-state index in [-0.39, 0.29) is 25.3 Å². The SMILES string of the molecule is NC(N)=NCCCC(NC(=O)C(CC(=O)O)NC(=O)C1CCCN1)C(=O)NC(CCC(=O)O)C(=O)O. The molecule has 4 atom stereocenters. The minimum atomic E-state index is -1.55. The van der Waals surface area contributed by atoms with Gasteiger partial charge in [0.1, 0.15) is 18.1 Å². The number of carbonyl (C=O) groups is 6. The highest BCUT2D eigenvalue weighted by molar-refractivity contribution is 5.95. The fraction of sp³-hybridized carbons (Fsp3) is 0.650. The Bertz CT molecular complexity index is 854. The zero-order valence-electron chi connectivity index (χ0n) is 19.6. The van der Waals surface area contributed by atoms with Crippen LogP contribution in [0.25, 0.3) is 0 Å². The van der Waals surface area contributed by atoms with Crippen molar-refractivity contribution < 1.29 is 44.1 Å². The van der Waals surface area contributed by atoms with Crippen LogP contribution in [0.5, 0.6) is 0 Å². The Hall–Kier alpha value is -3.95. The molecule has 0 radical (unpaired) electrons. The highest BCUT2D eigenvalue weighted by Gasteiger charge is 2.32. The van der Waals surface area contributed by atoms with Gasteiger partial charge in [-0.15, -0.1) is 0 Å². The lowest BCUT2D eigenvalue weighted by atomic mass is 10.1. The molecule has 0 spiro atoms. The molecule has 36 heavy (non-hydrogen) atoms. The highest BCUT2D eigenvalue weighted by Crippen LogP contribution is 2.07. The molecule has 1 rings (SSSR count). The summed E-state index contributed by atoms with van der Waals surface area (Å²) in [5.41, 5.74) is 10.5. The normalized spacial score (nSPS) is 17.2. The number of hydrogen-bond acceptors (Lipinski definition) is 8. The van der Waals surface area contributed by atoms with Crippen LogP contribution < -0.4 is 32.7 Å². The van der Waals surface area contributed by atoms with Crippen LogP contribution in [0.1, 0.15) is 44.9 Å². The van der Waals surface area contributed by atoms with Crippen LogP contribution in [0.2, 0.25) is 0 Å². The molecule has 1 fully saturated rings. The topological polar surface area (TPSA) is 276 Å². The van der Waals surface area contributed by atoms with Gasteiger partial charge in [0, 0.05) is 13.0 Å². The lowest BCUT2D eigenvalue weighted by Gasteiger charge is -2.24. The van der Waals surface area contributed by atoms with Crippen molar-refractivity contribution in [3.05, 3.63) is 0 Å². The minimum Gasteiger partial charge on any atom is -0.481 e. The molecule has 0 aromatic carbocycles.